The Balaban J connectivity index is 2.30. The van der Waals surface area contributed by atoms with Crippen LogP contribution >= 0.6 is 11.3 Å². The summed E-state index contributed by atoms with van der Waals surface area (Å²) in [5.74, 6) is 0.763. The first-order valence-corrected chi connectivity index (χ1v) is 5.58. The van der Waals surface area contributed by atoms with Crippen LogP contribution in [0.3, 0.4) is 0 Å². The number of nitrogens with two attached hydrogens (primary N) is 1. The number of nitrogens with zero attached hydrogens (tertiary/aromatic N) is 4. The van der Waals surface area contributed by atoms with Gasteiger partial charge < -0.3 is 5.73 Å². The third kappa shape index (κ3) is 1.27. The van der Waals surface area contributed by atoms with Gasteiger partial charge in [0.15, 0.2) is 11.5 Å². The summed E-state index contributed by atoms with van der Waals surface area (Å²) in [5.41, 5.74) is 7.60. The van der Waals surface area contributed by atoms with Gasteiger partial charge in [0.1, 0.15) is 0 Å². The summed E-state index contributed by atoms with van der Waals surface area (Å²) < 4.78 is 1.88. The maximum Gasteiger partial charge on any atom is 0.179 e. The molecule has 0 amide bonds. The maximum atomic E-state index is 5.95. The molecular weight excluding hydrogens is 222 g/mol. The molecule has 3 aromatic rings. The summed E-state index contributed by atoms with van der Waals surface area (Å²) in [6.07, 6.45) is 5.21. The van der Waals surface area contributed by atoms with Crippen molar-refractivity contribution in [2.45, 2.75) is 6.92 Å². The number of anilines is 1. The van der Waals surface area contributed by atoms with Gasteiger partial charge in [-0.3, -0.25) is 9.38 Å². The number of rotatable bonds is 1. The van der Waals surface area contributed by atoms with Gasteiger partial charge in [-0.15, -0.1) is 21.5 Å². The van der Waals surface area contributed by atoms with Crippen molar-refractivity contribution >= 4 is 22.0 Å². The lowest BCUT2D eigenvalue weighted by Crippen LogP contribution is -1.91. The van der Waals surface area contributed by atoms with Crippen LogP contribution in [-0.4, -0.2) is 19.6 Å². The number of hydrogen-bond donors (Lipinski definition) is 1. The topological polar surface area (TPSA) is 69.1 Å². The molecule has 3 rings (SSSR count). The third-order valence-corrected chi connectivity index (χ3v) is 3.22. The van der Waals surface area contributed by atoms with E-state index in [0.717, 1.165) is 22.0 Å². The van der Waals surface area contributed by atoms with Crippen molar-refractivity contribution in [1.82, 2.24) is 19.6 Å². The van der Waals surface area contributed by atoms with E-state index >= 15 is 0 Å². The van der Waals surface area contributed by atoms with Crippen molar-refractivity contribution < 1.29 is 0 Å². The predicted octanol–water partition coefficient (Wildman–Crippen LogP) is 1.74. The van der Waals surface area contributed by atoms with Crippen LogP contribution in [0.15, 0.2) is 24.7 Å². The molecule has 16 heavy (non-hydrogen) atoms. The van der Waals surface area contributed by atoms with Gasteiger partial charge in [-0.05, 0) is 13.0 Å². The van der Waals surface area contributed by atoms with E-state index in [-0.39, 0.29) is 0 Å². The van der Waals surface area contributed by atoms with Crippen LogP contribution in [0.5, 0.6) is 0 Å². The average molecular weight is 231 g/mol. The number of fused-ring (bicyclic) bond motifs is 1. The summed E-state index contributed by atoms with van der Waals surface area (Å²) in [6.45, 7) is 2.02. The Morgan fingerprint density at radius 2 is 2.25 bits per heavy atom. The molecule has 3 aromatic heterocycles. The van der Waals surface area contributed by atoms with Crippen LogP contribution < -0.4 is 5.73 Å². The first-order chi connectivity index (χ1) is 7.75. The summed E-state index contributed by atoms with van der Waals surface area (Å²) >= 11 is 1.56. The SMILES string of the molecule is Cc1cc(-c2nnc3cnccn23)c(N)s1. The molecule has 0 radical (unpaired) electrons. The van der Waals surface area contributed by atoms with Gasteiger partial charge >= 0.3 is 0 Å². The Morgan fingerprint density at radius 3 is 3.00 bits per heavy atom. The second kappa shape index (κ2) is 3.28. The number of thiophene rings is 1. The van der Waals surface area contributed by atoms with Gasteiger partial charge in [0, 0.05) is 17.3 Å². The number of aryl methyl sites for hydroxylation is 1. The van der Waals surface area contributed by atoms with Gasteiger partial charge in [0.05, 0.1) is 16.8 Å². The zero-order valence-corrected chi connectivity index (χ0v) is 9.40. The Kier molecular flexibility index (Phi) is 1.90. The zero-order valence-electron chi connectivity index (χ0n) is 8.58. The molecule has 0 bridgehead atoms. The molecule has 2 N–H and O–H groups in total. The second-order valence-electron chi connectivity index (χ2n) is 3.46. The summed E-state index contributed by atoms with van der Waals surface area (Å²) in [7, 11) is 0. The third-order valence-electron chi connectivity index (χ3n) is 2.34. The van der Waals surface area contributed by atoms with E-state index in [1.54, 1.807) is 23.7 Å². The molecule has 80 valence electrons. The molecule has 6 heteroatoms. The van der Waals surface area contributed by atoms with E-state index in [0.29, 0.717) is 0 Å². The molecule has 3 heterocycles. The standard InChI is InChI=1S/C10H9N5S/c1-6-4-7(9(11)16-6)10-14-13-8-5-12-2-3-15(8)10/h2-5H,11H2,1H3. The van der Waals surface area contributed by atoms with Crippen molar-refractivity contribution in [2.75, 3.05) is 5.73 Å². The van der Waals surface area contributed by atoms with Gasteiger partial charge in [-0.1, -0.05) is 0 Å². The van der Waals surface area contributed by atoms with Crippen LogP contribution in [0.4, 0.5) is 5.00 Å². The molecule has 5 nitrogen and oxygen atoms in total. The largest absolute Gasteiger partial charge is 0.390 e. The smallest absolute Gasteiger partial charge is 0.179 e. The Labute approximate surface area is 95.6 Å². The van der Waals surface area contributed by atoms with E-state index < -0.39 is 0 Å². The van der Waals surface area contributed by atoms with Crippen molar-refractivity contribution in [1.29, 1.82) is 0 Å². The highest BCUT2D eigenvalue weighted by Crippen LogP contribution is 2.32. The monoisotopic (exact) mass is 231 g/mol. The predicted molar refractivity (Wildman–Crippen MR) is 63.2 cm³/mol. The van der Waals surface area contributed by atoms with Gasteiger partial charge in [-0.25, -0.2) is 0 Å². The molecule has 0 aliphatic heterocycles. The summed E-state index contributed by atoms with van der Waals surface area (Å²) in [5, 5.41) is 8.95. The molecule has 0 spiro atoms. The molecule has 0 aliphatic rings. The van der Waals surface area contributed by atoms with Crippen molar-refractivity contribution in [3.63, 3.8) is 0 Å². The highest BCUT2D eigenvalue weighted by atomic mass is 32.1. The molecule has 0 saturated carbocycles. The maximum absolute atomic E-state index is 5.95. The quantitative estimate of drug-likeness (QED) is 0.692. The van der Waals surface area contributed by atoms with E-state index in [4.69, 9.17) is 5.73 Å². The number of aromatic nitrogens is 4. The lowest BCUT2D eigenvalue weighted by atomic mass is 10.3. The molecule has 0 unspecified atom stereocenters. The fourth-order valence-electron chi connectivity index (χ4n) is 1.64. The van der Waals surface area contributed by atoms with Crippen molar-refractivity contribution in [3.8, 4) is 11.4 Å². The fraction of sp³-hybridized carbons (Fsp3) is 0.100. The van der Waals surface area contributed by atoms with Gasteiger partial charge in [0.25, 0.3) is 0 Å². The van der Waals surface area contributed by atoms with E-state index in [2.05, 4.69) is 15.2 Å². The van der Waals surface area contributed by atoms with Crippen molar-refractivity contribution in [3.05, 3.63) is 29.5 Å². The van der Waals surface area contributed by atoms with E-state index in [1.165, 1.54) is 4.88 Å². The van der Waals surface area contributed by atoms with E-state index in [1.807, 2.05) is 23.6 Å². The minimum absolute atomic E-state index is 0.723. The molecule has 0 fully saturated rings. The molecule has 0 aliphatic carbocycles. The van der Waals surface area contributed by atoms with Crippen LogP contribution in [0.2, 0.25) is 0 Å². The highest BCUT2D eigenvalue weighted by Gasteiger charge is 2.12. The lowest BCUT2D eigenvalue weighted by molar-refractivity contribution is 1.11. The Hall–Kier alpha value is -1.95. The molecular formula is C10H9N5S. The molecule has 0 atom stereocenters. The first-order valence-electron chi connectivity index (χ1n) is 4.77. The molecule has 0 saturated heterocycles. The number of nitrogen functional groups attached to an aromatic ring is 1. The highest BCUT2D eigenvalue weighted by molar-refractivity contribution is 7.16. The van der Waals surface area contributed by atoms with Crippen LogP contribution in [0.1, 0.15) is 4.88 Å². The summed E-state index contributed by atoms with van der Waals surface area (Å²) in [6, 6.07) is 2.02. The van der Waals surface area contributed by atoms with Crippen molar-refractivity contribution in [2.24, 2.45) is 0 Å². The minimum Gasteiger partial charge on any atom is -0.390 e. The number of hydrogen-bond acceptors (Lipinski definition) is 5. The first kappa shape index (κ1) is 9.29. The van der Waals surface area contributed by atoms with Crippen LogP contribution in [0, 0.1) is 6.92 Å². The Morgan fingerprint density at radius 1 is 1.38 bits per heavy atom. The lowest BCUT2D eigenvalue weighted by Gasteiger charge is -1.97. The molecule has 0 aromatic carbocycles. The fourth-order valence-corrected chi connectivity index (χ4v) is 2.43. The Bertz CT molecular complexity index is 654. The average Bonchev–Trinajstić information content (AvgIpc) is 2.81. The summed E-state index contributed by atoms with van der Waals surface area (Å²) in [4.78, 5) is 5.16. The van der Waals surface area contributed by atoms with Crippen LogP contribution in [-0.2, 0) is 0 Å². The van der Waals surface area contributed by atoms with E-state index in [9.17, 15) is 0 Å². The second-order valence-corrected chi connectivity index (χ2v) is 4.75. The van der Waals surface area contributed by atoms with Crippen LogP contribution in [0.25, 0.3) is 17.0 Å². The zero-order chi connectivity index (χ0) is 11.1. The van der Waals surface area contributed by atoms with Gasteiger partial charge in [-0.2, -0.15) is 0 Å². The normalized spacial score (nSPS) is 11.1. The minimum atomic E-state index is 0.723. The van der Waals surface area contributed by atoms with Gasteiger partial charge in [0.2, 0.25) is 0 Å².